The molecular formula is C36H43F3O. The molecule has 40 heavy (non-hydrogen) atoms. The molecule has 0 amide bonds. The molecule has 214 valence electrons. The second kappa shape index (κ2) is 15.2. The van der Waals surface area contributed by atoms with Gasteiger partial charge in [-0.05, 0) is 60.9 Å². The van der Waals surface area contributed by atoms with E-state index in [9.17, 15) is 4.39 Å². The van der Waals surface area contributed by atoms with Crippen LogP contribution in [0.5, 0.6) is 0 Å². The van der Waals surface area contributed by atoms with Crippen LogP contribution in [0.4, 0.5) is 13.2 Å². The van der Waals surface area contributed by atoms with Gasteiger partial charge in [-0.3, -0.25) is 0 Å². The highest BCUT2D eigenvalue weighted by molar-refractivity contribution is 5.71. The van der Waals surface area contributed by atoms with Crippen molar-refractivity contribution in [2.45, 2.75) is 90.6 Å². The minimum absolute atomic E-state index is 0.0937. The number of allylic oxidation sites excluding steroid dienone is 1. The topological polar surface area (TPSA) is 9.23 Å². The van der Waals surface area contributed by atoms with Crippen molar-refractivity contribution in [2.24, 2.45) is 5.92 Å². The van der Waals surface area contributed by atoms with Crippen molar-refractivity contribution in [3.05, 3.63) is 95.3 Å². The first kappa shape index (κ1) is 30.1. The van der Waals surface area contributed by atoms with Crippen molar-refractivity contribution in [2.75, 3.05) is 6.61 Å². The van der Waals surface area contributed by atoms with E-state index in [4.69, 9.17) is 4.74 Å². The summed E-state index contributed by atoms with van der Waals surface area (Å²) in [6.07, 6.45) is 15.9. The number of halogens is 3. The molecule has 3 aromatic carbocycles. The third kappa shape index (κ3) is 7.87. The van der Waals surface area contributed by atoms with E-state index < -0.39 is 11.6 Å². The summed E-state index contributed by atoms with van der Waals surface area (Å²) in [7, 11) is 0. The Morgan fingerprint density at radius 2 is 1.40 bits per heavy atom. The predicted molar refractivity (Wildman–Crippen MR) is 160 cm³/mol. The summed E-state index contributed by atoms with van der Waals surface area (Å²) in [4.78, 5) is 0. The Kier molecular flexibility index (Phi) is 11.5. The molecule has 1 fully saturated rings. The van der Waals surface area contributed by atoms with E-state index in [2.05, 4.69) is 13.0 Å². The molecule has 1 saturated heterocycles. The maximum absolute atomic E-state index is 15.1. The van der Waals surface area contributed by atoms with Crippen molar-refractivity contribution < 1.29 is 17.9 Å². The number of rotatable bonds is 13. The first-order chi connectivity index (χ1) is 19.5. The fraction of sp³-hybridized carbons (Fsp3) is 0.444. The molecule has 2 unspecified atom stereocenters. The fourth-order valence-corrected chi connectivity index (χ4v) is 5.71. The van der Waals surface area contributed by atoms with Gasteiger partial charge in [-0.2, -0.15) is 0 Å². The highest BCUT2D eigenvalue weighted by Gasteiger charge is 2.22. The largest absolute Gasteiger partial charge is 0.373 e. The quantitative estimate of drug-likeness (QED) is 0.152. The zero-order valence-corrected chi connectivity index (χ0v) is 24.0. The van der Waals surface area contributed by atoms with Gasteiger partial charge >= 0.3 is 0 Å². The summed E-state index contributed by atoms with van der Waals surface area (Å²) >= 11 is 0. The van der Waals surface area contributed by atoms with E-state index in [1.807, 2.05) is 19.1 Å². The van der Waals surface area contributed by atoms with Gasteiger partial charge in [-0.15, -0.1) is 0 Å². The van der Waals surface area contributed by atoms with Crippen molar-refractivity contribution in [1.82, 2.24) is 0 Å². The first-order valence-electron chi connectivity index (χ1n) is 15.1. The van der Waals surface area contributed by atoms with Gasteiger partial charge in [0.15, 0.2) is 11.6 Å². The van der Waals surface area contributed by atoms with Gasteiger partial charge in [0.1, 0.15) is 5.82 Å². The molecule has 1 nitrogen and oxygen atoms in total. The van der Waals surface area contributed by atoms with Crippen LogP contribution < -0.4 is 0 Å². The Labute approximate surface area is 238 Å². The van der Waals surface area contributed by atoms with E-state index in [0.717, 1.165) is 37.7 Å². The minimum Gasteiger partial charge on any atom is -0.373 e. The molecule has 1 aliphatic heterocycles. The zero-order valence-electron chi connectivity index (χ0n) is 24.0. The van der Waals surface area contributed by atoms with Gasteiger partial charge in [-0.1, -0.05) is 113 Å². The van der Waals surface area contributed by atoms with Crippen LogP contribution in [0, 0.1) is 23.4 Å². The Balaban J connectivity index is 1.36. The van der Waals surface area contributed by atoms with E-state index in [0.29, 0.717) is 41.2 Å². The van der Waals surface area contributed by atoms with Crippen LogP contribution in [0.1, 0.15) is 95.3 Å². The number of unbranched alkanes of at least 4 members (excludes halogenated alkanes) is 7. The highest BCUT2D eigenvalue weighted by atomic mass is 19.2. The molecule has 0 aliphatic carbocycles. The second-order valence-corrected chi connectivity index (χ2v) is 11.1. The molecule has 1 heterocycles. The molecule has 3 aromatic rings. The molecule has 0 N–H and O–H groups in total. The number of aryl methyl sites for hydroxylation is 1. The first-order valence-corrected chi connectivity index (χ1v) is 15.1. The number of benzene rings is 3. The maximum Gasteiger partial charge on any atom is 0.166 e. The van der Waals surface area contributed by atoms with Gasteiger partial charge < -0.3 is 4.74 Å². The van der Waals surface area contributed by atoms with E-state index in [1.54, 1.807) is 48.5 Å². The third-order valence-electron chi connectivity index (χ3n) is 8.11. The average Bonchev–Trinajstić information content (AvgIpc) is 2.97. The predicted octanol–water partition coefficient (Wildman–Crippen LogP) is 11.2. The maximum atomic E-state index is 15.1. The van der Waals surface area contributed by atoms with Gasteiger partial charge in [0.2, 0.25) is 0 Å². The lowest BCUT2D eigenvalue weighted by molar-refractivity contribution is -0.00538. The zero-order chi connectivity index (χ0) is 28.3. The molecule has 0 spiro atoms. The van der Waals surface area contributed by atoms with Crippen molar-refractivity contribution in [1.29, 1.82) is 0 Å². The lowest BCUT2D eigenvalue weighted by Crippen LogP contribution is -2.19. The molecule has 1 aliphatic rings. The lowest BCUT2D eigenvalue weighted by atomic mass is 9.93. The van der Waals surface area contributed by atoms with E-state index in [1.165, 1.54) is 32.1 Å². The van der Waals surface area contributed by atoms with Crippen LogP contribution in [0.25, 0.3) is 22.3 Å². The average molecular weight is 549 g/mol. The van der Waals surface area contributed by atoms with Gasteiger partial charge in [0.25, 0.3) is 0 Å². The van der Waals surface area contributed by atoms with Gasteiger partial charge in [0, 0.05) is 17.0 Å². The van der Waals surface area contributed by atoms with Crippen LogP contribution in [0.3, 0.4) is 0 Å². The molecule has 0 saturated carbocycles. The van der Waals surface area contributed by atoms with Gasteiger partial charge in [-0.25, -0.2) is 13.2 Å². The third-order valence-corrected chi connectivity index (χ3v) is 8.11. The standard InChI is InChI=1S/C36H43F3O/c1-3-5-6-7-8-9-10-11-13-29-19-22-32(36(39)35(29)38)28-17-15-27(16-18-28)31-21-20-30(24-33(31)37)34-23-14-26(12-4-2)25-40-34/h4,12,15-22,24,26,34H,3,5-11,13-14,23,25H2,1-2H3. The van der Waals surface area contributed by atoms with Crippen molar-refractivity contribution >= 4 is 0 Å². The smallest absolute Gasteiger partial charge is 0.166 e. The molecule has 2 atom stereocenters. The number of hydrogen-bond donors (Lipinski definition) is 0. The van der Waals surface area contributed by atoms with Crippen molar-refractivity contribution in [3.63, 3.8) is 0 Å². The molecule has 0 bridgehead atoms. The molecule has 4 heteroatoms. The SMILES string of the molecule is CC=CC1CCC(c2ccc(-c3ccc(-c4ccc(CCCCCCCCCC)c(F)c4F)cc3)c(F)c2)OC1. The Bertz CT molecular complexity index is 1240. The summed E-state index contributed by atoms with van der Waals surface area (Å²) in [5.41, 5.74) is 3.25. The summed E-state index contributed by atoms with van der Waals surface area (Å²) in [6, 6.07) is 15.6. The van der Waals surface area contributed by atoms with Crippen LogP contribution in [-0.2, 0) is 11.2 Å². The second-order valence-electron chi connectivity index (χ2n) is 11.1. The molecule has 0 aromatic heterocycles. The Hall–Kier alpha value is -2.85. The van der Waals surface area contributed by atoms with Gasteiger partial charge in [0.05, 0.1) is 12.7 Å². The Morgan fingerprint density at radius 3 is 2.02 bits per heavy atom. The number of ether oxygens (including phenoxy) is 1. The van der Waals surface area contributed by atoms with Crippen LogP contribution in [0.15, 0.2) is 66.7 Å². The number of hydrogen-bond acceptors (Lipinski definition) is 1. The molecule has 0 radical (unpaired) electrons. The molecule has 4 rings (SSSR count). The van der Waals surface area contributed by atoms with Crippen LogP contribution >= 0.6 is 0 Å². The minimum atomic E-state index is -0.815. The summed E-state index contributed by atoms with van der Waals surface area (Å²) < 4.78 is 51.0. The van der Waals surface area contributed by atoms with Crippen molar-refractivity contribution in [3.8, 4) is 22.3 Å². The molecular weight excluding hydrogens is 505 g/mol. The lowest BCUT2D eigenvalue weighted by Gasteiger charge is -2.28. The summed E-state index contributed by atoms with van der Waals surface area (Å²) in [6.45, 7) is 4.87. The summed E-state index contributed by atoms with van der Waals surface area (Å²) in [5, 5.41) is 0. The monoisotopic (exact) mass is 548 g/mol. The fourth-order valence-electron chi connectivity index (χ4n) is 5.71. The highest BCUT2D eigenvalue weighted by Crippen LogP contribution is 2.35. The van der Waals surface area contributed by atoms with Crippen LogP contribution in [-0.4, -0.2) is 6.61 Å². The normalized spacial score (nSPS) is 17.5. The van der Waals surface area contributed by atoms with E-state index >= 15 is 8.78 Å². The summed E-state index contributed by atoms with van der Waals surface area (Å²) in [5.74, 6) is -1.46. The van der Waals surface area contributed by atoms with E-state index in [-0.39, 0.29) is 17.5 Å². The van der Waals surface area contributed by atoms with Crippen LogP contribution in [0.2, 0.25) is 0 Å². The Morgan fingerprint density at radius 1 is 0.750 bits per heavy atom.